The van der Waals surface area contributed by atoms with E-state index >= 15 is 0 Å². The molecule has 4 heteroatoms. The fraction of sp³-hybridized carbons (Fsp3) is 0.312. The van der Waals surface area contributed by atoms with Crippen LogP contribution in [0.4, 0.5) is 0 Å². The first-order valence-corrected chi connectivity index (χ1v) is 6.78. The normalized spacial score (nSPS) is 17.8. The van der Waals surface area contributed by atoms with E-state index in [1.165, 1.54) is 0 Å². The molecule has 0 radical (unpaired) electrons. The Morgan fingerprint density at radius 3 is 2.55 bits per heavy atom. The van der Waals surface area contributed by atoms with Gasteiger partial charge in [0, 0.05) is 24.6 Å². The zero-order valence-electron chi connectivity index (χ0n) is 11.8. The van der Waals surface area contributed by atoms with Crippen LogP contribution in [0.5, 0.6) is 0 Å². The summed E-state index contributed by atoms with van der Waals surface area (Å²) < 4.78 is 10.8. The Balaban J connectivity index is 2.29. The van der Waals surface area contributed by atoms with Crippen LogP contribution in [0.2, 0.25) is 0 Å². The van der Waals surface area contributed by atoms with Crippen LogP contribution in [0, 0.1) is 0 Å². The summed E-state index contributed by atoms with van der Waals surface area (Å²) in [5.74, 6) is -0.347. The Labute approximate surface area is 119 Å². The minimum absolute atomic E-state index is 0.347. The number of dihydropyridines is 1. The first kappa shape index (κ1) is 14.3. The van der Waals surface area contributed by atoms with Gasteiger partial charge in [0.05, 0.1) is 12.2 Å². The molecule has 1 heterocycles. The van der Waals surface area contributed by atoms with E-state index in [2.05, 4.69) is 5.32 Å². The number of esters is 1. The lowest BCUT2D eigenvalue weighted by atomic mass is 9.94. The summed E-state index contributed by atoms with van der Waals surface area (Å²) in [6.45, 7) is 4.57. The second-order valence-corrected chi connectivity index (χ2v) is 4.29. The highest BCUT2D eigenvalue weighted by atomic mass is 16.5. The molecule has 0 fully saturated rings. The van der Waals surface area contributed by atoms with Crippen molar-refractivity contribution in [3.8, 4) is 0 Å². The molecule has 1 aliphatic heterocycles. The van der Waals surface area contributed by atoms with Crippen LogP contribution < -0.4 is 5.32 Å². The zero-order valence-corrected chi connectivity index (χ0v) is 11.8. The highest BCUT2D eigenvalue weighted by molar-refractivity contribution is 5.94. The Kier molecular flexibility index (Phi) is 4.96. The van der Waals surface area contributed by atoms with E-state index in [-0.39, 0.29) is 5.97 Å². The Morgan fingerprint density at radius 2 is 1.90 bits per heavy atom. The van der Waals surface area contributed by atoms with Crippen LogP contribution >= 0.6 is 0 Å². The van der Waals surface area contributed by atoms with Crippen molar-refractivity contribution in [1.82, 2.24) is 5.32 Å². The maximum absolute atomic E-state index is 12.0. The molecule has 1 aliphatic rings. The van der Waals surface area contributed by atoms with Gasteiger partial charge in [-0.1, -0.05) is 30.3 Å². The predicted octanol–water partition coefficient (Wildman–Crippen LogP) is 2.48. The van der Waals surface area contributed by atoms with E-state index < -0.39 is 6.10 Å². The largest absolute Gasteiger partial charge is 0.463 e. The molecule has 106 valence electrons. The summed E-state index contributed by atoms with van der Waals surface area (Å²) in [6.07, 6.45) is 3.10. The van der Waals surface area contributed by atoms with Crippen molar-refractivity contribution in [2.24, 2.45) is 0 Å². The third-order valence-electron chi connectivity index (χ3n) is 2.99. The molecule has 0 bridgehead atoms. The molecular weight excluding hydrogens is 254 g/mol. The lowest BCUT2D eigenvalue weighted by Gasteiger charge is -2.25. The van der Waals surface area contributed by atoms with Crippen molar-refractivity contribution < 1.29 is 14.3 Å². The van der Waals surface area contributed by atoms with Gasteiger partial charge in [0.1, 0.15) is 6.10 Å². The Bertz CT molecular complexity index is 520. The van der Waals surface area contributed by atoms with Gasteiger partial charge in [0.25, 0.3) is 0 Å². The minimum Gasteiger partial charge on any atom is -0.463 e. The molecule has 0 saturated carbocycles. The second kappa shape index (κ2) is 6.91. The summed E-state index contributed by atoms with van der Waals surface area (Å²) in [5, 5.41) is 3.01. The summed E-state index contributed by atoms with van der Waals surface area (Å²) in [5.41, 5.74) is 2.45. The van der Waals surface area contributed by atoms with Crippen LogP contribution in [0.1, 0.15) is 19.4 Å². The van der Waals surface area contributed by atoms with Gasteiger partial charge in [0.15, 0.2) is 0 Å². The van der Waals surface area contributed by atoms with Crippen molar-refractivity contribution in [3.63, 3.8) is 0 Å². The number of ether oxygens (including phenoxy) is 2. The van der Waals surface area contributed by atoms with Crippen LogP contribution in [-0.2, 0) is 14.3 Å². The summed E-state index contributed by atoms with van der Waals surface area (Å²) in [6, 6.07) is 9.86. The van der Waals surface area contributed by atoms with Crippen molar-refractivity contribution in [1.29, 1.82) is 0 Å². The monoisotopic (exact) mass is 273 g/mol. The van der Waals surface area contributed by atoms with E-state index in [0.717, 1.165) is 11.1 Å². The maximum atomic E-state index is 12.0. The third kappa shape index (κ3) is 3.08. The van der Waals surface area contributed by atoms with Crippen LogP contribution in [0.25, 0.3) is 5.57 Å². The predicted molar refractivity (Wildman–Crippen MR) is 77.7 cm³/mol. The summed E-state index contributed by atoms with van der Waals surface area (Å²) in [7, 11) is 0. The van der Waals surface area contributed by atoms with E-state index in [1.54, 1.807) is 13.1 Å². The molecule has 1 atom stereocenters. The fourth-order valence-electron chi connectivity index (χ4n) is 2.13. The number of benzene rings is 1. The highest BCUT2D eigenvalue weighted by Crippen LogP contribution is 2.28. The summed E-state index contributed by atoms with van der Waals surface area (Å²) >= 11 is 0. The zero-order chi connectivity index (χ0) is 14.4. The van der Waals surface area contributed by atoms with Gasteiger partial charge in [0.2, 0.25) is 0 Å². The molecule has 4 nitrogen and oxygen atoms in total. The number of nitrogens with one attached hydrogen (secondary N) is 1. The number of carbonyl (C=O) groups excluding carboxylic acids is 1. The fourth-order valence-corrected chi connectivity index (χ4v) is 2.13. The topological polar surface area (TPSA) is 47.6 Å². The molecule has 0 saturated heterocycles. The van der Waals surface area contributed by atoms with E-state index in [9.17, 15) is 4.79 Å². The number of rotatable bonds is 5. The number of hydrogen-bond acceptors (Lipinski definition) is 4. The lowest BCUT2D eigenvalue weighted by molar-refractivity contribution is -0.139. The number of hydrogen-bond donors (Lipinski definition) is 1. The van der Waals surface area contributed by atoms with Crippen molar-refractivity contribution in [3.05, 3.63) is 53.9 Å². The van der Waals surface area contributed by atoms with E-state index in [0.29, 0.717) is 18.8 Å². The third-order valence-corrected chi connectivity index (χ3v) is 2.99. The van der Waals surface area contributed by atoms with Crippen molar-refractivity contribution in [2.45, 2.75) is 20.0 Å². The highest BCUT2D eigenvalue weighted by Gasteiger charge is 2.29. The van der Waals surface area contributed by atoms with Gasteiger partial charge in [-0.05, 0) is 19.4 Å². The first-order valence-electron chi connectivity index (χ1n) is 6.78. The van der Waals surface area contributed by atoms with E-state index in [4.69, 9.17) is 9.47 Å². The smallest absolute Gasteiger partial charge is 0.338 e. The molecule has 2 rings (SSSR count). The van der Waals surface area contributed by atoms with Crippen molar-refractivity contribution in [2.75, 3.05) is 13.2 Å². The Morgan fingerprint density at radius 1 is 1.15 bits per heavy atom. The SMILES string of the molecule is CCOC(=O)C1=CNC=C(c2ccccc2)C1OCC. The van der Waals surface area contributed by atoms with E-state index in [1.807, 2.05) is 43.5 Å². The molecule has 1 aromatic rings. The van der Waals surface area contributed by atoms with Crippen LogP contribution in [-0.4, -0.2) is 25.3 Å². The molecule has 0 spiro atoms. The molecule has 0 amide bonds. The average molecular weight is 273 g/mol. The second-order valence-electron chi connectivity index (χ2n) is 4.29. The van der Waals surface area contributed by atoms with Gasteiger partial charge in [-0.2, -0.15) is 0 Å². The standard InChI is InChI=1S/C16H19NO3/c1-3-19-15-13(12-8-6-5-7-9-12)10-17-11-14(15)16(18)20-4-2/h5-11,15,17H,3-4H2,1-2H3. The van der Waals surface area contributed by atoms with Gasteiger partial charge in [-0.3, -0.25) is 0 Å². The van der Waals surface area contributed by atoms with Gasteiger partial charge >= 0.3 is 5.97 Å². The Hall–Kier alpha value is -2.07. The van der Waals surface area contributed by atoms with Crippen molar-refractivity contribution >= 4 is 11.5 Å². The molecule has 1 N–H and O–H groups in total. The van der Waals surface area contributed by atoms with Gasteiger partial charge in [-0.15, -0.1) is 0 Å². The molecule has 1 unspecified atom stereocenters. The quantitative estimate of drug-likeness (QED) is 0.837. The maximum Gasteiger partial charge on any atom is 0.338 e. The molecule has 0 aliphatic carbocycles. The summed E-state index contributed by atoms with van der Waals surface area (Å²) in [4.78, 5) is 12.0. The molecule has 0 aromatic heterocycles. The number of carbonyl (C=O) groups is 1. The van der Waals surface area contributed by atoms with Crippen LogP contribution in [0.3, 0.4) is 0 Å². The molecule has 20 heavy (non-hydrogen) atoms. The average Bonchev–Trinajstić information content (AvgIpc) is 2.49. The lowest BCUT2D eigenvalue weighted by Crippen LogP contribution is -2.29. The van der Waals surface area contributed by atoms with Gasteiger partial charge in [-0.25, -0.2) is 4.79 Å². The van der Waals surface area contributed by atoms with Gasteiger partial charge < -0.3 is 14.8 Å². The first-order chi connectivity index (χ1) is 9.77. The minimum atomic E-state index is -0.400. The molecular formula is C16H19NO3. The van der Waals surface area contributed by atoms with Crippen LogP contribution in [0.15, 0.2) is 48.3 Å². The molecule has 1 aromatic carbocycles.